The summed E-state index contributed by atoms with van der Waals surface area (Å²) in [7, 11) is 0. The summed E-state index contributed by atoms with van der Waals surface area (Å²) in [5.41, 5.74) is 1.61. The summed E-state index contributed by atoms with van der Waals surface area (Å²) in [6, 6.07) is 4.87. The zero-order chi connectivity index (χ0) is 13.9. The van der Waals surface area contributed by atoms with Crippen molar-refractivity contribution >= 4 is 0 Å². The molecule has 0 amide bonds. The highest BCUT2D eigenvalue weighted by atomic mass is 15.3. The van der Waals surface area contributed by atoms with Gasteiger partial charge in [-0.2, -0.15) is 0 Å². The van der Waals surface area contributed by atoms with Gasteiger partial charge in [-0.25, -0.2) is 0 Å². The molecule has 1 aliphatic rings. The van der Waals surface area contributed by atoms with Crippen molar-refractivity contribution in [2.45, 2.75) is 52.2 Å². The van der Waals surface area contributed by atoms with E-state index >= 15 is 0 Å². The molecule has 3 heteroatoms. The standard InChI is InChI=1S/C16H27N3/c1-5-16(4)12-19(15(10-18-16)13(2)3)11-14-6-8-17-9-7-14/h6-9,13,15,18H,5,10-12H2,1-4H3. The molecule has 3 nitrogen and oxygen atoms in total. The van der Waals surface area contributed by atoms with Gasteiger partial charge in [-0.1, -0.05) is 20.8 Å². The van der Waals surface area contributed by atoms with E-state index in [2.05, 4.69) is 55.0 Å². The molecule has 2 atom stereocenters. The summed E-state index contributed by atoms with van der Waals surface area (Å²) in [4.78, 5) is 6.75. The molecule has 1 aromatic heterocycles. The van der Waals surface area contributed by atoms with E-state index in [0.29, 0.717) is 12.0 Å². The number of piperazine rings is 1. The van der Waals surface area contributed by atoms with Crippen LogP contribution in [0.1, 0.15) is 39.7 Å². The van der Waals surface area contributed by atoms with E-state index < -0.39 is 0 Å². The average molecular weight is 261 g/mol. The van der Waals surface area contributed by atoms with Crippen LogP contribution in [0.5, 0.6) is 0 Å². The minimum Gasteiger partial charge on any atom is -0.309 e. The lowest BCUT2D eigenvalue weighted by atomic mass is 9.89. The van der Waals surface area contributed by atoms with Gasteiger partial charge in [0.25, 0.3) is 0 Å². The first-order chi connectivity index (χ1) is 9.04. The molecule has 0 aliphatic carbocycles. The molecular weight excluding hydrogens is 234 g/mol. The highest BCUT2D eigenvalue weighted by molar-refractivity contribution is 5.10. The second-order valence-corrected chi connectivity index (χ2v) is 6.37. The van der Waals surface area contributed by atoms with Crippen molar-refractivity contribution in [2.24, 2.45) is 5.92 Å². The van der Waals surface area contributed by atoms with Crippen LogP contribution < -0.4 is 5.32 Å². The Bertz CT molecular complexity index is 390. The smallest absolute Gasteiger partial charge is 0.0278 e. The number of rotatable bonds is 4. The molecule has 106 valence electrons. The van der Waals surface area contributed by atoms with E-state index in [1.807, 2.05) is 12.4 Å². The van der Waals surface area contributed by atoms with Crippen LogP contribution in [0, 0.1) is 5.92 Å². The normalized spacial score (nSPS) is 28.8. The van der Waals surface area contributed by atoms with Crippen LogP contribution in [-0.2, 0) is 6.54 Å². The van der Waals surface area contributed by atoms with Crippen molar-refractivity contribution in [1.82, 2.24) is 15.2 Å². The average Bonchev–Trinajstić information content (AvgIpc) is 2.40. The van der Waals surface area contributed by atoms with Gasteiger partial charge in [0.2, 0.25) is 0 Å². The molecule has 0 aromatic carbocycles. The van der Waals surface area contributed by atoms with Crippen LogP contribution in [0.25, 0.3) is 0 Å². The lowest BCUT2D eigenvalue weighted by Crippen LogP contribution is -2.63. The van der Waals surface area contributed by atoms with Crippen molar-refractivity contribution in [1.29, 1.82) is 0 Å². The van der Waals surface area contributed by atoms with Gasteiger partial charge in [0.05, 0.1) is 0 Å². The molecule has 0 bridgehead atoms. The molecule has 1 fully saturated rings. The Kier molecular flexibility index (Phi) is 4.58. The van der Waals surface area contributed by atoms with E-state index in [1.54, 1.807) is 0 Å². The molecule has 0 spiro atoms. The molecular formula is C16H27N3. The summed E-state index contributed by atoms with van der Waals surface area (Å²) in [5, 5.41) is 3.74. The quantitative estimate of drug-likeness (QED) is 0.903. The van der Waals surface area contributed by atoms with Gasteiger partial charge in [-0.15, -0.1) is 0 Å². The zero-order valence-corrected chi connectivity index (χ0v) is 12.7. The number of hydrogen-bond donors (Lipinski definition) is 1. The minimum absolute atomic E-state index is 0.248. The molecule has 0 saturated carbocycles. The summed E-state index contributed by atoms with van der Waals surface area (Å²) in [6.45, 7) is 12.5. The molecule has 1 saturated heterocycles. The lowest BCUT2D eigenvalue weighted by molar-refractivity contribution is 0.0539. The van der Waals surface area contributed by atoms with Gasteiger partial charge >= 0.3 is 0 Å². The fourth-order valence-electron chi connectivity index (χ4n) is 2.89. The molecule has 2 unspecified atom stereocenters. The van der Waals surface area contributed by atoms with Crippen molar-refractivity contribution in [3.8, 4) is 0 Å². The maximum atomic E-state index is 4.11. The summed E-state index contributed by atoms with van der Waals surface area (Å²) >= 11 is 0. The number of aromatic nitrogens is 1. The lowest BCUT2D eigenvalue weighted by Gasteiger charge is -2.47. The van der Waals surface area contributed by atoms with Crippen LogP contribution in [-0.4, -0.2) is 34.6 Å². The number of pyridine rings is 1. The van der Waals surface area contributed by atoms with E-state index in [1.165, 1.54) is 12.0 Å². The van der Waals surface area contributed by atoms with Crippen LogP contribution in [0.2, 0.25) is 0 Å². The van der Waals surface area contributed by atoms with Crippen molar-refractivity contribution < 1.29 is 0 Å². The molecule has 1 N–H and O–H groups in total. The predicted octanol–water partition coefficient (Wildman–Crippen LogP) is 2.68. The Morgan fingerprint density at radius 3 is 2.68 bits per heavy atom. The van der Waals surface area contributed by atoms with Crippen LogP contribution in [0.15, 0.2) is 24.5 Å². The van der Waals surface area contributed by atoms with E-state index in [-0.39, 0.29) is 5.54 Å². The Labute approximate surface area is 117 Å². The molecule has 2 heterocycles. The summed E-state index contributed by atoms with van der Waals surface area (Å²) in [6.07, 6.45) is 4.95. The second-order valence-electron chi connectivity index (χ2n) is 6.37. The van der Waals surface area contributed by atoms with Crippen molar-refractivity contribution in [3.63, 3.8) is 0 Å². The first-order valence-electron chi connectivity index (χ1n) is 7.42. The second kappa shape index (κ2) is 6.02. The van der Waals surface area contributed by atoms with Crippen LogP contribution >= 0.6 is 0 Å². The van der Waals surface area contributed by atoms with E-state index in [4.69, 9.17) is 0 Å². The van der Waals surface area contributed by atoms with Crippen molar-refractivity contribution in [2.75, 3.05) is 13.1 Å². The van der Waals surface area contributed by atoms with E-state index in [9.17, 15) is 0 Å². The van der Waals surface area contributed by atoms with Gasteiger partial charge in [-0.3, -0.25) is 9.88 Å². The first kappa shape index (κ1) is 14.5. The Morgan fingerprint density at radius 1 is 1.42 bits per heavy atom. The maximum absolute atomic E-state index is 4.11. The zero-order valence-electron chi connectivity index (χ0n) is 12.7. The van der Waals surface area contributed by atoms with Gasteiger partial charge in [-0.05, 0) is 37.0 Å². The van der Waals surface area contributed by atoms with Crippen LogP contribution in [0.4, 0.5) is 0 Å². The third-order valence-electron chi connectivity index (χ3n) is 4.44. The monoisotopic (exact) mass is 261 g/mol. The molecule has 1 aromatic rings. The third-order valence-corrected chi connectivity index (χ3v) is 4.44. The topological polar surface area (TPSA) is 28.2 Å². The summed E-state index contributed by atoms with van der Waals surface area (Å²) in [5.74, 6) is 0.677. The molecule has 0 radical (unpaired) electrons. The number of nitrogens with one attached hydrogen (secondary N) is 1. The third kappa shape index (κ3) is 3.54. The minimum atomic E-state index is 0.248. The van der Waals surface area contributed by atoms with Crippen LogP contribution in [0.3, 0.4) is 0 Å². The Morgan fingerprint density at radius 2 is 2.11 bits per heavy atom. The largest absolute Gasteiger partial charge is 0.309 e. The fourth-order valence-corrected chi connectivity index (χ4v) is 2.89. The highest BCUT2D eigenvalue weighted by Gasteiger charge is 2.35. The van der Waals surface area contributed by atoms with Gasteiger partial charge < -0.3 is 5.32 Å². The maximum Gasteiger partial charge on any atom is 0.0278 e. The Hall–Kier alpha value is -0.930. The van der Waals surface area contributed by atoms with Crippen molar-refractivity contribution in [3.05, 3.63) is 30.1 Å². The molecule has 1 aliphatic heterocycles. The fraction of sp³-hybridized carbons (Fsp3) is 0.688. The van der Waals surface area contributed by atoms with E-state index in [0.717, 1.165) is 19.6 Å². The molecule has 2 rings (SSSR count). The highest BCUT2D eigenvalue weighted by Crippen LogP contribution is 2.24. The SMILES string of the molecule is CCC1(C)CN(Cc2ccncc2)C(C(C)C)CN1. The number of hydrogen-bond acceptors (Lipinski definition) is 3. The van der Waals surface area contributed by atoms with Gasteiger partial charge in [0.1, 0.15) is 0 Å². The van der Waals surface area contributed by atoms with Gasteiger partial charge in [0.15, 0.2) is 0 Å². The number of nitrogens with zero attached hydrogens (tertiary/aromatic N) is 2. The Balaban J connectivity index is 2.12. The summed E-state index contributed by atoms with van der Waals surface area (Å²) < 4.78 is 0. The molecule has 19 heavy (non-hydrogen) atoms. The first-order valence-corrected chi connectivity index (χ1v) is 7.42. The van der Waals surface area contributed by atoms with Gasteiger partial charge in [0, 0.05) is 43.6 Å². The predicted molar refractivity (Wildman–Crippen MR) is 80.0 cm³/mol.